The second-order valence-corrected chi connectivity index (χ2v) is 6.89. The predicted molar refractivity (Wildman–Crippen MR) is 106 cm³/mol. The summed E-state index contributed by atoms with van der Waals surface area (Å²) in [6.45, 7) is 1.03. The van der Waals surface area contributed by atoms with Gasteiger partial charge in [0.05, 0.1) is 13.0 Å². The Balaban J connectivity index is 1.40. The second kappa shape index (κ2) is 7.20. The zero-order valence-electron chi connectivity index (χ0n) is 14.9. The van der Waals surface area contributed by atoms with E-state index in [4.69, 9.17) is 5.73 Å². The average molecular weight is 348 g/mol. The van der Waals surface area contributed by atoms with E-state index >= 15 is 0 Å². The number of hydrogen-bond donors (Lipinski definition) is 2. The molecule has 1 amide bonds. The molecule has 0 aromatic heterocycles. The summed E-state index contributed by atoms with van der Waals surface area (Å²) in [6, 6.07) is 14.3. The minimum Gasteiger partial charge on any atom is -0.370 e. The molecule has 0 fully saturated rings. The number of hydrogen-bond acceptors (Lipinski definition) is 2. The molecule has 134 valence electrons. The van der Waals surface area contributed by atoms with Gasteiger partial charge >= 0.3 is 0 Å². The first-order chi connectivity index (χ1) is 12.7. The minimum absolute atomic E-state index is 0.130. The highest BCUT2D eigenvalue weighted by Gasteiger charge is 2.25. The standard InChI is InChI=1S/C21H24N4O/c22-21(24-18-10-5-8-15-6-1-3-9-17(15)18)23-12-13-25-19-11-4-2-7-16(19)14-20(25)26/h2,4-5,7-8,10-11H,1,3,6,9,12-14H2,(H3,22,23,24). The van der Waals surface area contributed by atoms with E-state index in [1.165, 1.54) is 24.0 Å². The largest absolute Gasteiger partial charge is 0.370 e. The summed E-state index contributed by atoms with van der Waals surface area (Å²) < 4.78 is 0. The summed E-state index contributed by atoms with van der Waals surface area (Å²) in [5.41, 5.74) is 12.0. The lowest BCUT2D eigenvalue weighted by Gasteiger charge is -2.20. The summed E-state index contributed by atoms with van der Waals surface area (Å²) in [5, 5.41) is 3.25. The van der Waals surface area contributed by atoms with Crippen LogP contribution in [0.15, 0.2) is 47.5 Å². The van der Waals surface area contributed by atoms with Gasteiger partial charge in [-0.05, 0) is 54.5 Å². The minimum atomic E-state index is 0.130. The zero-order chi connectivity index (χ0) is 17.9. The number of aliphatic imine (C=N–C) groups is 1. The number of benzene rings is 2. The lowest BCUT2D eigenvalue weighted by atomic mass is 9.90. The van der Waals surface area contributed by atoms with Crippen LogP contribution in [-0.4, -0.2) is 25.0 Å². The van der Waals surface area contributed by atoms with Crippen molar-refractivity contribution in [1.29, 1.82) is 0 Å². The van der Waals surface area contributed by atoms with Crippen molar-refractivity contribution in [3.63, 3.8) is 0 Å². The molecule has 0 saturated carbocycles. The molecule has 26 heavy (non-hydrogen) atoms. The number of rotatable bonds is 4. The summed E-state index contributed by atoms with van der Waals surface area (Å²) in [4.78, 5) is 18.4. The number of anilines is 2. The first-order valence-corrected chi connectivity index (χ1v) is 9.28. The molecular weight excluding hydrogens is 324 g/mol. The maximum absolute atomic E-state index is 12.2. The summed E-state index contributed by atoms with van der Waals surface area (Å²) in [6.07, 6.45) is 5.18. The van der Waals surface area contributed by atoms with Gasteiger partial charge in [-0.25, -0.2) is 0 Å². The highest BCUT2D eigenvalue weighted by atomic mass is 16.2. The van der Waals surface area contributed by atoms with Gasteiger partial charge in [0.15, 0.2) is 5.96 Å². The summed E-state index contributed by atoms with van der Waals surface area (Å²) in [7, 11) is 0. The normalized spacial score (nSPS) is 16.4. The number of carbonyl (C=O) groups is 1. The Kier molecular flexibility index (Phi) is 4.61. The molecule has 4 rings (SSSR count). The SMILES string of the molecule is NC(=NCCN1C(=O)Cc2ccccc21)Nc1cccc2c1CCCC2. The highest BCUT2D eigenvalue weighted by Crippen LogP contribution is 2.28. The maximum atomic E-state index is 12.2. The third kappa shape index (κ3) is 3.29. The number of fused-ring (bicyclic) bond motifs is 2. The van der Waals surface area contributed by atoms with E-state index in [0.717, 1.165) is 29.8 Å². The van der Waals surface area contributed by atoms with Crippen LogP contribution in [0.4, 0.5) is 11.4 Å². The second-order valence-electron chi connectivity index (χ2n) is 6.89. The van der Waals surface area contributed by atoms with Crippen LogP contribution in [0.25, 0.3) is 0 Å². The van der Waals surface area contributed by atoms with E-state index < -0.39 is 0 Å². The molecule has 1 aliphatic heterocycles. The molecule has 2 aromatic rings. The van der Waals surface area contributed by atoms with Gasteiger partial charge < -0.3 is 16.0 Å². The molecule has 2 aromatic carbocycles. The fourth-order valence-corrected chi connectivity index (χ4v) is 3.91. The lowest BCUT2D eigenvalue weighted by Crippen LogP contribution is -2.31. The van der Waals surface area contributed by atoms with Gasteiger partial charge in [-0.1, -0.05) is 30.3 Å². The van der Waals surface area contributed by atoms with E-state index in [1.807, 2.05) is 24.3 Å². The van der Waals surface area contributed by atoms with Crippen LogP contribution in [0.2, 0.25) is 0 Å². The van der Waals surface area contributed by atoms with Crippen LogP contribution in [0.1, 0.15) is 29.5 Å². The van der Waals surface area contributed by atoms with Crippen molar-refractivity contribution in [3.05, 3.63) is 59.2 Å². The molecule has 2 aliphatic rings. The van der Waals surface area contributed by atoms with E-state index in [1.54, 1.807) is 4.90 Å². The van der Waals surface area contributed by atoms with Crippen LogP contribution >= 0.6 is 0 Å². The van der Waals surface area contributed by atoms with Crippen LogP contribution in [0.5, 0.6) is 0 Å². The molecule has 0 atom stereocenters. The Hall–Kier alpha value is -2.82. The number of para-hydroxylation sites is 1. The number of nitrogens with zero attached hydrogens (tertiary/aromatic N) is 2. The predicted octanol–water partition coefficient (Wildman–Crippen LogP) is 2.88. The van der Waals surface area contributed by atoms with E-state index in [2.05, 4.69) is 28.5 Å². The zero-order valence-corrected chi connectivity index (χ0v) is 14.9. The van der Waals surface area contributed by atoms with Gasteiger partial charge in [0, 0.05) is 17.9 Å². The van der Waals surface area contributed by atoms with Crippen molar-refractivity contribution in [1.82, 2.24) is 0 Å². The van der Waals surface area contributed by atoms with Crippen molar-refractivity contribution >= 4 is 23.2 Å². The Bertz CT molecular complexity index is 859. The molecule has 0 unspecified atom stereocenters. The van der Waals surface area contributed by atoms with Gasteiger partial charge in [-0.3, -0.25) is 9.79 Å². The monoisotopic (exact) mass is 348 g/mol. The summed E-state index contributed by atoms with van der Waals surface area (Å²) >= 11 is 0. The average Bonchev–Trinajstić information content (AvgIpc) is 2.98. The van der Waals surface area contributed by atoms with Crippen LogP contribution in [-0.2, 0) is 24.1 Å². The molecule has 1 heterocycles. The van der Waals surface area contributed by atoms with Crippen LogP contribution in [0, 0.1) is 0 Å². The first-order valence-electron chi connectivity index (χ1n) is 9.28. The highest BCUT2D eigenvalue weighted by molar-refractivity contribution is 6.01. The molecule has 0 bridgehead atoms. The Morgan fingerprint density at radius 1 is 1.08 bits per heavy atom. The van der Waals surface area contributed by atoms with Gasteiger partial charge in [-0.15, -0.1) is 0 Å². The quantitative estimate of drug-likeness (QED) is 0.659. The van der Waals surface area contributed by atoms with Crippen LogP contribution < -0.4 is 16.0 Å². The molecular formula is C21H24N4O. The van der Waals surface area contributed by atoms with E-state index in [0.29, 0.717) is 25.5 Å². The smallest absolute Gasteiger partial charge is 0.231 e. The number of aryl methyl sites for hydroxylation is 1. The summed E-state index contributed by atoms with van der Waals surface area (Å²) in [5.74, 6) is 0.536. The van der Waals surface area contributed by atoms with Crippen molar-refractivity contribution in [2.45, 2.75) is 32.1 Å². The number of carbonyl (C=O) groups excluding carboxylic acids is 1. The van der Waals surface area contributed by atoms with Crippen LogP contribution in [0.3, 0.4) is 0 Å². The van der Waals surface area contributed by atoms with Crippen molar-refractivity contribution in [2.75, 3.05) is 23.3 Å². The maximum Gasteiger partial charge on any atom is 0.231 e. The Labute approximate surface area is 153 Å². The molecule has 5 heteroatoms. The number of nitrogens with one attached hydrogen (secondary N) is 1. The van der Waals surface area contributed by atoms with Crippen molar-refractivity contribution in [2.24, 2.45) is 10.7 Å². The van der Waals surface area contributed by atoms with Gasteiger partial charge in [0.2, 0.25) is 5.91 Å². The fraction of sp³-hybridized carbons (Fsp3) is 0.333. The first kappa shape index (κ1) is 16.6. The van der Waals surface area contributed by atoms with Gasteiger partial charge in [0.25, 0.3) is 0 Å². The van der Waals surface area contributed by atoms with Crippen molar-refractivity contribution < 1.29 is 4.79 Å². The third-order valence-electron chi connectivity index (χ3n) is 5.19. The molecule has 0 spiro atoms. The molecule has 3 N–H and O–H groups in total. The molecule has 5 nitrogen and oxygen atoms in total. The van der Waals surface area contributed by atoms with Crippen molar-refractivity contribution in [3.8, 4) is 0 Å². The van der Waals surface area contributed by atoms with Gasteiger partial charge in [-0.2, -0.15) is 0 Å². The van der Waals surface area contributed by atoms with E-state index in [9.17, 15) is 4.79 Å². The molecule has 0 radical (unpaired) electrons. The third-order valence-corrected chi connectivity index (χ3v) is 5.19. The Morgan fingerprint density at radius 2 is 1.88 bits per heavy atom. The number of guanidine groups is 1. The van der Waals surface area contributed by atoms with Gasteiger partial charge in [0.1, 0.15) is 0 Å². The number of amides is 1. The Morgan fingerprint density at radius 3 is 2.81 bits per heavy atom. The lowest BCUT2D eigenvalue weighted by molar-refractivity contribution is -0.117. The van der Waals surface area contributed by atoms with E-state index in [-0.39, 0.29) is 5.91 Å². The molecule has 1 aliphatic carbocycles. The molecule has 0 saturated heterocycles. The fourth-order valence-electron chi connectivity index (χ4n) is 3.91. The topological polar surface area (TPSA) is 70.7 Å². The number of nitrogens with two attached hydrogens (primary N) is 1.